The third-order valence-electron chi connectivity index (χ3n) is 4.16. The van der Waals surface area contributed by atoms with Crippen molar-refractivity contribution in [2.75, 3.05) is 13.2 Å². The third-order valence-corrected chi connectivity index (χ3v) is 4.53. The highest BCUT2D eigenvalue weighted by atomic mass is 35.5. The second-order valence-electron chi connectivity index (χ2n) is 6.22. The molecule has 0 N–H and O–H groups in total. The summed E-state index contributed by atoms with van der Waals surface area (Å²) in [6.07, 6.45) is 4.59. The molecule has 2 aromatic carbocycles. The van der Waals surface area contributed by atoms with Gasteiger partial charge in [-0.15, -0.1) is 0 Å². The number of hydrogen-bond donors (Lipinski definition) is 0. The quantitative estimate of drug-likeness (QED) is 0.399. The number of rotatable bonds is 10. The predicted octanol–water partition coefficient (Wildman–Crippen LogP) is 5.48. The van der Waals surface area contributed by atoms with E-state index in [4.69, 9.17) is 21.1 Å². The molecule has 0 saturated heterocycles. The van der Waals surface area contributed by atoms with Gasteiger partial charge < -0.3 is 9.47 Å². The second-order valence-corrected chi connectivity index (χ2v) is 6.63. The molecule has 0 saturated carbocycles. The smallest absolute Gasteiger partial charge is 0.339 e. The van der Waals surface area contributed by atoms with E-state index < -0.39 is 11.9 Å². The molecule has 27 heavy (non-hydrogen) atoms. The average molecular weight is 389 g/mol. The normalized spacial score (nSPS) is 10.4. The molecule has 0 atom stereocenters. The number of carbonyl (C=O) groups is 2. The Labute approximate surface area is 165 Å². The van der Waals surface area contributed by atoms with Gasteiger partial charge in [0.1, 0.15) is 0 Å². The summed E-state index contributed by atoms with van der Waals surface area (Å²) in [7, 11) is 0. The van der Waals surface area contributed by atoms with Crippen molar-refractivity contribution in [3.05, 3.63) is 70.2 Å². The molecular formula is C22H25ClO4. The minimum Gasteiger partial charge on any atom is -0.462 e. The Kier molecular flexibility index (Phi) is 8.85. The van der Waals surface area contributed by atoms with Gasteiger partial charge in [0.2, 0.25) is 0 Å². The fraction of sp³-hybridized carbons (Fsp3) is 0.364. The van der Waals surface area contributed by atoms with Crippen LogP contribution in [-0.2, 0) is 15.9 Å². The van der Waals surface area contributed by atoms with Gasteiger partial charge in [0.05, 0.1) is 24.3 Å². The third kappa shape index (κ3) is 6.72. The van der Waals surface area contributed by atoms with Crippen molar-refractivity contribution in [1.29, 1.82) is 0 Å². The summed E-state index contributed by atoms with van der Waals surface area (Å²) in [6, 6.07) is 14.0. The van der Waals surface area contributed by atoms with Crippen molar-refractivity contribution in [2.45, 2.75) is 39.0 Å². The molecule has 0 aliphatic rings. The Balaban J connectivity index is 1.90. The molecule has 0 amide bonds. The number of esters is 2. The van der Waals surface area contributed by atoms with Gasteiger partial charge in [-0.3, -0.25) is 0 Å². The predicted molar refractivity (Wildman–Crippen MR) is 106 cm³/mol. The molecule has 0 spiro atoms. The topological polar surface area (TPSA) is 52.6 Å². The lowest BCUT2D eigenvalue weighted by Crippen LogP contribution is -2.15. The van der Waals surface area contributed by atoms with Gasteiger partial charge in [-0.2, -0.15) is 0 Å². The summed E-state index contributed by atoms with van der Waals surface area (Å²) < 4.78 is 10.6. The zero-order valence-electron chi connectivity index (χ0n) is 15.6. The Morgan fingerprint density at radius 2 is 1.41 bits per heavy atom. The maximum Gasteiger partial charge on any atom is 0.339 e. The summed E-state index contributed by atoms with van der Waals surface area (Å²) in [4.78, 5) is 24.7. The zero-order chi connectivity index (χ0) is 19.5. The highest BCUT2D eigenvalue weighted by Crippen LogP contribution is 2.16. The number of halogens is 1. The summed E-state index contributed by atoms with van der Waals surface area (Å²) in [5, 5.41) is 0.639. The van der Waals surface area contributed by atoms with Crippen molar-refractivity contribution in [1.82, 2.24) is 0 Å². The minimum absolute atomic E-state index is 0.183. The molecular weight excluding hydrogens is 364 g/mol. The van der Waals surface area contributed by atoms with E-state index in [9.17, 15) is 9.59 Å². The van der Waals surface area contributed by atoms with Gasteiger partial charge in [-0.1, -0.05) is 68.1 Å². The lowest BCUT2D eigenvalue weighted by molar-refractivity contribution is 0.0456. The first-order chi connectivity index (χ1) is 13.1. The van der Waals surface area contributed by atoms with Gasteiger partial charge in [-0.25, -0.2) is 9.59 Å². The van der Waals surface area contributed by atoms with Crippen LogP contribution in [0, 0.1) is 0 Å². The van der Waals surface area contributed by atoms with Crippen LogP contribution in [0.25, 0.3) is 0 Å². The molecule has 0 unspecified atom stereocenters. The van der Waals surface area contributed by atoms with Crippen LogP contribution in [0.3, 0.4) is 0 Å². The maximum atomic E-state index is 12.4. The molecule has 144 valence electrons. The summed E-state index contributed by atoms with van der Waals surface area (Å²) >= 11 is 6.10. The molecule has 0 fully saturated rings. The SMILES string of the molecule is CCCCCCOC(=O)c1ccccc1C(=O)OCCc1ccccc1Cl. The van der Waals surface area contributed by atoms with Crippen LogP contribution in [0.2, 0.25) is 5.02 Å². The molecule has 4 nitrogen and oxygen atoms in total. The van der Waals surface area contributed by atoms with Gasteiger partial charge in [0.15, 0.2) is 0 Å². The van der Waals surface area contributed by atoms with Crippen molar-refractivity contribution >= 4 is 23.5 Å². The molecule has 0 aromatic heterocycles. The van der Waals surface area contributed by atoms with E-state index in [1.165, 1.54) is 0 Å². The summed E-state index contributed by atoms with van der Waals surface area (Å²) in [6.45, 7) is 2.66. The molecule has 0 heterocycles. The molecule has 0 aliphatic heterocycles. The lowest BCUT2D eigenvalue weighted by atomic mass is 10.1. The number of ether oxygens (including phenoxy) is 2. The van der Waals surface area contributed by atoms with Crippen LogP contribution in [0.1, 0.15) is 58.9 Å². The number of benzene rings is 2. The van der Waals surface area contributed by atoms with Gasteiger partial charge in [-0.05, 0) is 30.2 Å². The van der Waals surface area contributed by atoms with Crippen molar-refractivity contribution in [3.63, 3.8) is 0 Å². The highest BCUT2D eigenvalue weighted by molar-refractivity contribution is 6.31. The summed E-state index contributed by atoms with van der Waals surface area (Å²) in [5.41, 5.74) is 1.36. The Bertz CT molecular complexity index is 757. The van der Waals surface area contributed by atoms with E-state index in [-0.39, 0.29) is 17.7 Å². The van der Waals surface area contributed by atoms with E-state index in [0.717, 1.165) is 31.2 Å². The van der Waals surface area contributed by atoms with Gasteiger partial charge in [0.25, 0.3) is 0 Å². The fourth-order valence-electron chi connectivity index (χ4n) is 2.64. The largest absolute Gasteiger partial charge is 0.462 e. The van der Waals surface area contributed by atoms with Crippen molar-refractivity contribution < 1.29 is 19.1 Å². The van der Waals surface area contributed by atoms with Crippen LogP contribution in [0.15, 0.2) is 48.5 Å². The molecule has 0 aliphatic carbocycles. The average Bonchev–Trinajstić information content (AvgIpc) is 2.69. The maximum absolute atomic E-state index is 12.4. The van der Waals surface area contributed by atoms with Crippen LogP contribution < -0.4 is 0 Å². The first-order valence-electron chi connectivity index (χ1n) is 9.30. The Morgan fingerprint density at radius 1 is 0.815 bits per heavy atom. The molecule has 5 heteroatoms. The van der Waals surface area contributed by atoms with E-state index in [1.54, 1.807) is 30.3 Å². The van der Waals surface area contributed by atoms with E-state index in [2.05, 4.69) is 6.92 Å². The van der Waals surface area contributed by atoms with Crippen LogP contribution >= 0.6 is 11.6 Å². The van der Waals surface area contributed by atoms with E-state index >= 15 is 0 Å². The second kappa shape index (κ2) is 11.4. The highest BCUT2D eigenvalue weighted by Gasteiger charge is 2.19. The number of hydrogen-bond acceptors (Lipinski definition) is 4. The van der Waals surface area contributed by atoms with Crippen molar-refractivity contribution in [3.8, 4) is 0 Å². The van der Waals surface area contributed by atoms with Crippen molar-refractivity contribution in [2.24, 2.45) is 0 Å². The first kappa shape index (κ1) is 21.0. The molecule has 2 rings (SSSR count). The monoisotopic (exact) mass is 388 g/mol. The van der Waals surface area contributed by atoms with Gasteiger partial charge >= 0.3 is 11.9 Å². The Hall–Kier alpha value is -2.33. The standard InChI is InChI=1S/C22H25ClO4/c1-2-3-4-9-15-26-21(24)18-11-6-7-12-19(18)22(25)27-16-14-17-10-5-8-13-20(17)23/h5-8,10-13H,2-4,9,14-16H2,1H3. The van der Waals surface area contributed by atoms with E-state index in [0.29, 0.717) is 18.1 Å². The summed E-state index contributed by atoms with van der Waals surface area (Å²) in [5.74, 6) is -1.04. The van der Waals surface area contributed by atoms with Crippen LogP contribution in [0.5, 0.6) is 0 Å². The van der Waals surface area contributed by atoms with Crippen LogP contribution in [0.4, 0.5) is 0 Å². The minimum atomic E-state index is -0.541. The van der Waals surface area contributed by atoms with E-state index in [1.807, 2.05) is 18.2 Å². The first-order valence-corrected chi connectivity index (χ1v) is 9.68. The molecule has 0 bridgehead atoms. The zero-order valence-corrected chi connectivity index (χ0v) is 16.3. The fourth-order valence-corrected chi connectivity index (χ4v) is 2.87. The number of unbranched alkanes of at least 4 members (excludes halogenated alkanes) is 3. The number of carbonyl (C=O) groups excluding carboxylic acids is 2. The lowest BCUT2D eigenvalue weighted by Gasteiger charge is -2.10. The molecule has 0 radical (unpaired) electrons. The van der Waals surface area contributed by atoms with Gasteiger partial charge in [0, 0.05) is 11.4 Å². The molecule has 2 aromatic rings. The Morgan fingerprint density at radius 3 is 2.04 bits per heavy atom. The van der Waals surface area contributed by atoms with Crippen LogP contribution in [-0.4, -0.2) is 25.2 Å².